The number of halogens is 1. The second-order valence-corrected chi connectivity index (χ2v) is 7.37. The Hall–Kier alpha value is -1.04. The first kappa shape index (κ1) is 16.3. The van der Waals surface area contributed by atoms with Gasteiger partial charge in [-0.3, -0.25) is 4.90 Å². The van der Waals surface area contributed by atoms with Crippen LogP contribution in [0.4, 0.5) is 4.39 Å². The summed E-state index contributed by atoms with van der Waals surface area (Å²) in [5, 5.41) is 0. The summed E-state index contributed by atoms with van der Waals surface area (Å²) in [6.45, 7) is 10.6. The lowest BCUT2D eigenvalue weighted by Crippen LogP contribution is -2.56. The van der Waals surface area contributed by atoms with Crippen molar-refractivity contribution in [1.82, 2.24) is 4.90 Å². The normalized spacial score (nSPS) is 21.2. The molecule has 0 unspecified atom stereocenters. The van der Waals surface area contributed by atoms with Crippen LogP contribution in [0.5, 0.6) is 0 Å². The van der Waals surface area contributed by atoms with Gasteiger partial charge in [0, 0.05) is 25.2 Å². The van der Waals surface area contributed by atoms with Crippen LogP contribution >= 0.6 is 12.2 Å². The fraction of sp³-hybridized carbons (Fsp3) is 0.562. The summed E-state index contributed by atoms with van der Waals surface area (Å²) < 4.78 is 19.5. The number of hydrogen-bond acceptors (Lipinski definition) is 3. The molecule has 0 amide bonds. The van der Waals surface area contributed by atoms with E-state index in [0.717, 1.165) is 18.7 Å². The Morgan fingerprint density at radius 1 is 1.29 bits per heavy atom. The smallest absolute Gasteiger partial charge is 0.123 e. The number of nitrogens with zero attached hydrogens (tertiary/aromatic N) is 1. The van der Waals surface area contributed by atoms with Gasteiger partial charge in [-0.05, 0) is 45.4 Å². The van der Waals surface area contributed by atoms with E-state index < -0.39 is 0 Å². The Morgan fingerprint density at radius 2 is 1.86 bits per heavy atom. The molecule has 1 saturated heterocycles. The van der Waals surface area contributed by atoms with E-state index in [-0.39, 0.29) is 22.0 Å². The summed E-state index contributed by atoms with van der Waals surface area (Å²) in [5.41, 5.74) is 6.86. The summed E-state index contributed by atoms with van der Waals surface area (Å²) in [4.78, 5) is 2.54. The highest BCUT2D eigenvalue weighted by molar-refractivity contribution is 7.80. The number of ether oxygens (including phenoxy) is 1. The molecule has 0 saturated carbocycles. The number of nitrogens with two attached hydrogens (primary N) is 1. The van der Waals surface area contributed by atoms with Crippen LogP contribution < -0.4 is 5.73 Å². The molecule has 0 radical (unpaired) electrons. The molecule has 0 atom stereocenters. The zero-order chi connectivity index (χ0) is 15.8. The number of hydrogen-bond donors (Lipinski definition) is 1. The Bertz CT molecular complexity index is 541. The van der Waals surface area contributed by atoms with Crippen LogP contribution in [-0.4, -0.2) is 34.2 Å². The molecule has 1 fully saturated rings. The minimum atomic E-state index is -0.316. The summed E-state index contributed by atoms with van der Waals surface area (Å²) in [5.74, 6) is -0.316. The Morgan fingerprint density at radius 3 is 2.38 bits per heavy atom. The van der Waals surface area contributed by atoms with Crippen LogP contribution in [0.3, 0.4) is 0 Å². The third kappa shape index (κ3) is 4.22. The second kappa shape index (κ2) is 5.63. The fourth-order valence-electron chi connectivity index (χ4n) is 3.21. The van der Waals surface area contributed by atoms with Crippen molar-refractivity contribution in [2.45, 2.75) is 45.4 Å². The lowest BCUT2D eigenvalue weighted by Gasteiger charge is -2.47. The number of morpholine rings is 1. The molecule has 0 aliphatic carbocycles. The summed E-state index contributed by atoms with van der Waals surface area (Å²) in [6, 6.07) is 4.63. The zero-order valence-electron chi connectivity index (χ0n) is 13.1. The van der Waals surface area contributed by atoms with E-state index in [1.165, 1.54) is 12.1 Å². The predicted molar refractivity (Wildman–Crippen MR) is 86.8 cm³/mol. The van der Waals surface area contributed by atoms with Gasteiger partial charge >= 0.3 is 0 Å². The second-order valence-electron chi connectivity index (χ2n) is 6.93. The van der Waals surface area contributed by atoms with Crippen molar-refractivity contribution < 1.29 is 9.13 Å². The van der Waals surface area contributed by atoms with E-state index in [0.29, 0.717) is 12.1 Å². The van der Waals surface area contributed by atoms with E-state index in [2.05, 4.69) is 32.6 Å². The highest BCUT2D eigenvalue weighted by Crippen LogP contribution is 2.29. The number of rotatable bonds is 3. The largest absolute Gasteiger partial charge is 0.389 e. The van der Waals surface area contributed by atoms with Crippen molar-refractivity contribution in [3.05, 3.63) is 35.1 Å². The van der Waals surface area contributed by atoms with Crippen LogP contribution in [0.2, 0.25) is 0 Å². The first-order chi connectivity index (χ1) is 9.58. The highest BCUT2D eigenvalue weighted by Gasteiger charge is 2.38. The van der Waals surface area contributed by atoms with Crippen LogP contribution in [0.15, 0.2) is 18.2 Å². The number of thiocarbonyl (C=S) groups is 1. The quantitative estimate of drug-likeness (QED) is 0.871. The minimum absolute atomic E-state index is 0.217. The molecule has 1 aromatic carbocycles. The third-order valence-corrected chi connectivity index (χ3v) is 3.71. The van der Waals surface area contributed by atoms with Crippen LogP contribution in [0.1, 0.15) is 38.8 Å². The molecule has 5 heteroatoms. The molecule has 0 aromatic heterocycles. The van der Waals surface area contributed by atoms with Gasteiger partial charge in [0.05, 0.1) is 11.2 Å². The van der Waals surface area contributed by atoms with E-state index in [4.69, 9.17) is 22.7 Å². The van der Waals surface area contributed by atoms with Crippen LogP contribution in [0.25, 0.3) is 0 Å². The van der Waals surface area contributed by atoms with Crippen LogP contribution in [-0.2, 0) is 11.3 Å². The van der Waals surface area contributed by atoms with Gasteiger partial charge in [0.1, 0.15) is 10.8 Å². The van der Waals surface area contributed by atoms with Crippen molar-refractivity contribution in [2.24, 2.45) is 5.73 Å². The molecular weight excluding hydrogens is 287 g/mol. The van der Waals surface area contributed by atoms with Gasteiger partial charge in [-0.15, -0.1) is 0 Å². The van der Waals surface area contributed by atoms with Crippen molar-refractivity contribution in [1.29, 1.82) is 0 Å². The molecule has 3 nitrogen and oxygen atoms in total. The highest BCUT2D eigenvalue weighted by atomic mass is 32.1. The van der Waals surface area contributed by atoms with Gasteiger partial charge in [0.15, 0.2) is 0 Å². The molecule has 1 aromatic rings. The van der Waals surface area contributed by atoms with Gasteiger partial charge < -0.3 is 10.5 Å². The van der Waals surface area contributed by atoms with Crippen molar-refractivity contribution in [3.8, 4) is 0 Å². The van der Waals surface area contributed by atoms with E-state index >= 15 is 0 Å². The van der Waals surface area contributed by atoms with Crippen molar-refractivity contribution >= 4 is 17.2 Å². The minimum Gasteiger partial charge on any atom is -0.389 e. The van der Waals surface area contributed by atoms with Gasteiger partial charge in [-0.2, -0.15) is 0 Å². The molecule has 116 valence electrons. The molecular formula is C16H23FN2OS. The van der Waals surface area contributed by atoms with E-state index in [1.54, 1.807) is 6.07 Å². The molecule has 2 N–H and O–H groups in total. The lowest BCUT2D eigenvalue weighted by molar-refractivity contribution is -0.182. The average Bonchev–Trinajstić information content (AvgIpc) is 2.27. The third-order valence-electron chi connectivity index (χ3n) is 3.49. The van der Waals surface area contributed by atoms with Crippen molar-refractivity contribution in [2.75, 3.05) is 13.1 Å². The SMILES string of the molecule is CC1(C)CN(Cc2ccc(F)cc2C(N)=S)CC(C)(C)O1. The maximum absolute atomic E-state index is 13.4. The van der Waals surface area contributed by atoms with Gasteiger partial charge in [0.25, 0.3) is 0 Å². The number of benzene rings is 1. The zero-order valence-corrected chi connectivity index (χ0v) is 13.9. The van der Waals surface area contributed by atoms with Gasteiger partial charge in [0.2, 0.25) is 0 Å². The van der Waals surface area contributed by atoms with Gasteiger partial charge in [-0.1, -0.05) is 18.3 Å². The molecule has 1 aliphatic heterocycles. The maximum atomic E-state index is 13.4. The van der Waals surface area contributed by atoms with Gasteiger partial charge in [-0.25, -0.2) is 4.39 Å². The molecule has 2 rings (SSSR count). The predicted octanol–water partition coefficient (Wildman–Crippen LogP) is 2.85. The summed E-state index contributed by atoms with van der Waals surface area (Å²) >= 11 is 5.03. The molecule has 21 heavy (non-hydrogen) atoms. The fourth-order valence-corrected chi connectivity index (χ4v) is 3.40. The average molecular weight is 310 g/mol. The van der Waals surface area contributed by atoms with E-state index in [1.807, 2.05) is 0 Å². The Kier molecular flexibility index (Phi) is 4.38. The first-order valence-corrected chi connectivity index (χ1v) is 7.50. The first-order valence-electron chi connectivity index (χ1n) is 7.09. The maximum Gasteiger partial charge on any atom is 0.123 e. The monoisotopic (exact) mass is 310 g/mol. The Labute approximate surface area is 131 Å². The summed E-state index contributed by atoms with van der Waals surface area (Å²) in [7, 11) is 0. The molecule has 1 aliphatic rings. The molecule has 1 heterocycles. The summed E-state index contributed by atoms with van der Waals surface area (Å²) in [6.07, 6.45) is 0. The lowest BCUT2D eigenvalue weighted by atomic mass is 9.97. The molecule has 0 bridgehead atoms. The topological polar surface area (TPSA) is 38.5 Å². The standard InChI is InChI=1S/C16H23FN2OS/c1-15(2)9-19(10-16(3,4)20-15)8-11-5-6-12(17)7-13(11)14(18)21/h5-7H,8-10H2,1-4H3,(H2,18,21). The van der Waals surface area contributed by atoms with E-state index in [9.17, 15) is 4.39 Å². The molecule has 0 spiro atoms. The Balaban J connectivity index is 2.24. The van der Waals surface area contributed by atoms with Crippen LogP contribution in [0, 0.1) is 5.82 Å². The van der Waals surface area contributed by atoms with Crippen molar-refractivity contribution in [3.63, 3.8) is 0 Å².